The van der Waals surface area contributed by atoms with Gasteiger partial charge in [-0.05, 0) is 62.6 Å². The SMILES string of the molecule is C=CCCC(=O)N[C@H](COC)[C@H](OC(=O)[C@@H]1[C@H]2C(=O)N(CCCCCO)[C@H](C(=O)N(CC=C)c3c(C)cccc3Cl)[C@]23CC[C@H]1O3)c1ccccc1. The molecule has 280 valence electrons. The average Bonchev–Trinajstić information content (AvgIpc) is 3.78. The highest BCUT2D eigenvalue weighted by molar-refractivity contribution is 6.34. The summed E-state index contributed by atoms with van der Waals surface area (Å²) in [5.41, 5.74) is 0.673. The molecule has 2 bridgehead atoms. The molecule has 5 rings (SSSR count). The lowest BCUT2D eigenvalue weighted by atomic mass is 9.70. The van der Waals surface area contributed by atoms with Crippen molar-refractivity contribution in [1.82, 2.24) is 10.2 Å². The monoisotopic (exact) mass is 735 g/mol. The van der Waals surface area contributed by atoms with Gasteiger partial charge in [-0.15, -0.1) is 13.2 Å². The number of aryl methyl sites for hydroxylation is 1. The fourth-order valence-corrected chi connectivity index (χ4v) is 8.49. The van der Waals surface area contributed by atoms with Crippen LogP contribution in [0.25, 0.3) is 0 Å². The molecule has 11 nitrogen and oxygen atoms in total. The summed E-state index contributed by atoms with van der Waals surface area (Å²) in [5.74, 6) is -3.55. The second kappa shape index (κ2) is 17.7. The maximum absolute atomic E-state index is 14.9. The van der Waals surface area contributed by atoms with Crippen LogP contribution in [0.5, 0.6) is 0 Å². The highest BCUT2D eigenvalue weighted by Crippen LogP contribution is 2.59. The van der Waals surface area contributed by atoms with E-state index in [2.05, 4.69) is 18.5 Å². The summed E-state index contributed by atoms with van der Waals surface area (Å²) in [5, 5.41) is 12.8. The molecule has 3 saturated heterocycles. The van der Waals surface area contributed by atoms with Crippen LogP contribution in [0.1, 0.15) is 62.2 Å². The number of para-hydroxylation sites is 1. The molecular weight excluding hydrogens is 686 g/mol. The van der Waals surface area contributed by atoms with E-state index in [0.717, 1.165) is 5.56 Å². The molecule has 2 aromatic carbocycles. The number of fused-ring (bicyclic) bond motifs is 1. The summed E-state index contributed by atoms with van der Waals surface area (Å²) in [7, 11) is 1.50. The van der Waals surface area contributed by atoms with Gasteiger partial charge >= 0.3 is 5.97 Å². The zero-order chi connectivity index (χ0) is 37.4. The third kappa shape index (κ3) is 7.83. The number of carbonyl (C=O) groups is 4. The average molecular weight is 736 g/mol. The van der Waals surface area contributed by atoms with Crippen LogP contribution >= 0.6 is 11.6 Å². The van der Waals surface area contributed by atoms with E-state index < -0.39 is 47.7 Å². The highest BCUT2D eigenvalue weighted by atomic mass is 35.5. The van der Waals surface area contributed by atoms with Gasteiger partial charge in [-0.1, -0.05) is 66.2 Å². The third-order valence-electron chi connectivity index (χ3n) is 10.4. The Labute approximate surface area is 310 Å². The molecule has 0 aromatic heterocycles. The number of esters is 1. The Kier molecular flexibility index (Phi) is 13.3. The Morgan fingerprint density at radius 3 is 2.58 bits per heavy atom. The fourth-order valence-electron chi connectivity index (χ4n) is 8.17. The second-order valence-corrected chi connectivity index (χ2v) is 14.1. The van der Waals surface area contributed by atoms with Crippen molar-refractivity contribution < 1.29 is 38.5 Å². The van der Waals surface area contributed by atoms with Crippen molar-refractivity contribution in [3.8, 4) is 0 Å². The van der Waals surface area contributed by atoms with E-state index >= 15 is 0 Å². The lowest BCUT2D eigenvalue weighted by molar-refractivity contribution is -0.163. The van der Waals surface area contributed by atoms with Gasteiger partial charge in [-0.3, -0.25) is 19.2 Å². The van der Waals surface area contributed by atoms with E-state index in [0.29, 0.717) is 54.8 Å². The number of carbonyl (C=O) groups excluding carboxylic acids is 4. The summed E-state index contributed by atoms with van der Waals surface area (Å²) < 4.78 is 18.5. The number of rotatable bonds is 19. The van der Waals surface area contributed by atoms with Crippen molar-refractivity contribution in [2.45, 2.75) is 81.8 Å². The number of anilines is 1. The van der Waals surface area contributed by atoms with E-state index in [1.807, 2.05) is 49.4 Å². The molecule has 7 atom stereocenters. The van der Waals surface area contributed by atoms with Crippen LogP contribution in [-0.4, -0.2) is 90.9 Å². The maximum Gasteiger partial charge on any atom is 0.313 e. The second-order valence-electron chi connectivity index (χ2n) is 13.7. The molecule has 0 aliphatic carbocycles. The molecule has 0 unspecified atom stereocenters. The van der Waals surface area contributed by atoms with Crippen LogP contribution in [-0.2, 0) is 33.4 Å². The summed E-state index contributed by atoms with van der Waals surface area (Å²) in [6.07, 6.45) is 4.96. The number of benzene rings is 2. The number of halogens is 1. The molecular formula is C40H50ClN3O8. The van der Waals surface area contributed by atoms with Crippen LogP contribution in [0.2, 0.25) is 5.02 Å². The molecule has 2 aromatic rings. The van der Waals surface area contributed by atoms with Gasteiger partial charge in [0.1, 0.15) is 17.7 Å². The van der Waals surface area contributed by atoms with Gasteiger partial charge in [-0.2, -0.15) is 0 Å². The molecule has 1 spiro atoms. The molecule has 12 heteroatoms. The number of aliphatic hydroxyl groups excluding tert-OH is 1. The number of allylic oxidation sites excluding steroid dienone is 1. The van der Waals surface area contributed by atoms with Gasteiger partial charge in [-0.25, -0.2) is 0 Å². The fraction of sp³-hybridized carbons (Fsp3) is 0.500. The lowest BCUT2D eigenvalue weighted by Gasteiger charge is -2.37. The Balaban J connectivity index is 1.51. The first-order valence-electron chi connectivity index (χ1n) is 18.0. The van der Waals surface area contributed by atoms with Crippen LogP contribution in [0.15, 0.2) is 73.8 Å². The minimum absolute atomic E-state index is 0.0157. The van der Waals surface area contributed by atoms with Crippen LogP contribution in [0, 0.1) is 18.8 Å². The molecule has 0 saturated carbocycles. The van der Waals surface area contributed by atoms with Gasteiger partial charge in [0.15, 0.2) is 0 Å². The summed E-state index contributed by atoms with van der Waals surface area (Å²) in [4.78, 5) is 60.1. The van der Waals surface area contributed by atoms with E-state index in [1.54, 1.807) is 28.0 Å². The number of hydrogen-bond donors (Lipinski definition) is 2. The maximum atomic E-state index is 14.9. The largest absolute Gasteiger partial charge is 0.455 e. The predicted octanol–water partition coefficient (Wildman–Crippen LogP) is 5.09. The quantitative estimate of drug-likeness (QED) is 0.116. The lowest BCUT2D eigenvalue weighted by Crippen LogP contribution is -2.56. The van der Waals surface area contributed by atoms with E-state index in [-0.39, 0.29) is 50.4 Å². The molecule has 52 heavy (non-hydrogen) atoms. The standard InChI is InChI=1S/C40H50ClN3O8/c1-5-7-19-31(46)42-29(25-50-4)35(27-16-10-8-11-17-27)51-39(49)32-30-20-21-40(52-30)33(32)37(47)44(23-12-9-13-24-45)36(40)38(48)43(22-6-2)34-26(3)15-14-18-28(34)41/h5-6,8,10-11,14-18,29-30,32-33,35-36,45H,1-2,7,9,12-13,19-25H2,3-4H3,(H,42,46)/t29-,30-,32+,33+,35-,36-,40+/m1/s1. The molecule has 0 radical (unpaired) electrons. The van der Waals surface area contributed by atoms with Gasteiger partial charge in [0.25, 0.3) is 5.91 Å². The Hall–Kier alpha value is -4.03. The van der Waals surface area contributed by atoms with Crippen molar-refractivity contribution in [2.24, 2.45) is 11.8 Å². The molecule has 3 amide bonds. The predicted molar refractivity (Wildman–Crippen MR) is 198 cm³/mol. The molecule has 3 heterocycles. The van der Waals surface area contributed by atoms with Gasteiger partial charge < -0.3 is 34.4 Å². The van der Waals surface area contributed by atoms with Crippen LogP contribution in [0.3, 0.4) is 0 Å². The molecule has 3 aliphatic heterocycles. The van der Waals surface area contributed by atoms with E-state index in [9.17, 15) is 24.3 Å². The number of methoxy groups -OCH3 is 1. The van der Waals surface area contributed by atoms with Crippen LogP contribution < -0.4 is 10.2 Å². The van der Waals surface area contributed by atoms with Gasteiger partial charge in [0, 0.05) is 33.2 Å². The number of likely N-dealkylation sites (tertiary alicyclic amines) is 1. The number of nitrogens with zero attached hydrogens (tertiary/aromatic N) is 2. The normalized spacial score (nSPS) is 24.2. The highest BCUT2D eigenvalue weighted by Gasteiger charge is 2.75. The van der Waals surface area contributed by atoms with Crippen molar-refractivity contribution >= 4 is 41.0 Å². The third-order valence-corrected chi connectivity index (χ3v) is 10.7. The number of unbranched alkanes of at least 4 members (excludes halogenated alkanes) is 2. The van der Waals surface area contributed by atoms with E-state index in [4.69, 9.17) is 25.8 Å². The first kappa shape index (κ1) is 39.2. The van der Waals surface area contributed by atoms with Gasteiger partial charge in [0.2, 0.25) is 11.8 Å². The first-order chi connectivity index (χ1) is 25.1. The number of nitrogens with one attached hydrogen (secondary N) is 1. The summed E-state index contributed by atoms with van der Waals surface area (Å²) in [6, 6.07) is 12.7. The minimum Gasteiger partial charge on any atom is -0.455 e. The Bertz CT molecular complexity index is 1600. The molecule has 3 fully saturated rings. The van der Waals surface area contributed by atoms with Crippen molar-refractivity contribution in [3.63, 3.8) is 0 Å². The van der Waals surface area contributed by atoms with Crippen LogP contribution in [0.4, 0.5) is 5.69 Å². The zero-order valence-corrected chi connectivity index (χ0v) is 30.8. The van der Waals surface area contributed by atoms with Crippen molar-refractivity contribution in [1.29, 1.82) is 0 Å². The van der Waals surface area contributed by atoms with E-state index in [1.165, 1.54) is 7.11 Å². The molecule has 3 aliphatic rings. The number of amides is 3. The van der Waals surface area contributed by atoms with Gasteiger partial charge in [0.05, 0.1) is 41.3 Å². The molecule has 2 N–H and O–H groups in total. The minimum atomic E-state index is -1.28. The summed E-state index contributed by atoms with van der Waals surface area (Å²) in [6.45, 7) is 9.90. The smallest absolute Gasteiger partial charge is 0.313 e. The Morgan fingerprint density at radius 1 is 1.13 bits per heavy atom. The number of aliphatic hydroxyl groups is 1. The number of ether oxygens (including phenoxy) is 3. The zero-order valence-electron chi connectivity index (χ0n) is 30.0. The van der Waals surface area contributed by atoms with Crippen molar-refractivity contribution in [2.75, 3.05) is 38.3 Å². The Morgan fingerprint density at radius 2 is 1.90 bits per heavy atom. The first-order valence-corrected chi connectivity index (χ1v) is 18.4. The van der Waals surface area contributed by atoms with Crippen molar-refractivity contribution in [3.05, 3.63) is 90.0 Å². The summed E-state index contributed by atoms with van der Waals surface area (Å²) >= 11 is 6.69. The topological polar surface area (TPSA) is 135 Å². The number of hydrogen-bond acceptors (Lipinski definition) is 8.